The summed E-state index contributed by atoms with van der Waals surface area (Å²) in [7, 11) is 0. The molecule has 0 aliphatic carbocycles. The summed E-state index contributed by atoms with van der Waals surface area (Å²) in [6.07, 6.45) is 20.6. The van der Waals surface area contributed by atoms with E-state index >= 15 is 0 Å². The Hall–Kier alpha value is -2.02. The number of esters is 2. The normalized spacial score (nSPS) is 26.5. The van der Waals surface area contributed by atoms with Gasteiger partial charge in [0.25, 0.3) is 0 Å². The van der Waals surface area contributed by atoms with E-state index in [2.05, 4.69) is 38.2 Å². The van der Waals surface area contributed by atoms with E-state index in [1.54, 1.807) is 0 Å². The summed E-state index contributed by atoms with van der Waals surface area (Å²) in [5.41, 5.74) is 0. The number of carbonyl (C=O) groups excluding carboxylic acids is 2. The van der Waals surface area contributed by atoms with Crippen LogP contribution in [0.2, 0.25) is 0 Å². The van der Waals surface area contributed by atoms with Crippen molar-refractivity contribution in [1.82, 2.24) is 0 Å². The van der Waals surface area contributed by atoms with Gasteiger partial charge in [0, 0.05) is 12.8 Å². The Balaban J connectivity index is 1.82. The van der Waals surface area contributed by atoms with Gasteiger partial charge in [-0.2, -0.15) is 0 Å². The minimum absolute atomic E-state index is 0.155. The Morgan fingerprint density at radius 2 is 0.877 bits per heavy atom. The summed E-state index contributed by atoms with van der Waals surface area (Å²) < 4.78 is 33.5. The van der Waals surface area contributed by atoms with Crippen LogP contribution < -0.4 is 0 Å². The van der Waals surface area contributed by atoms with E-state index in [0.29, 0.717) is 12.8 Å². The van der Waals surface area contributed by atoms with Crippen molar-refractivity contribution < 1.29 is 73.8 Å². The van der Waals surface area contributed by atoms with E-state index in [1.165, 1.54) is 70.6 Å². The third kappa shape index (κ3) is 26.4. The van der Waals surface area contributed by atoms with Crippen molar-refractivity contribution >= 4 is 11.9 Å². The lowest BCUT2D eigenvalue weighted by Gasteiger charge is -2.42. The van der Waals surface area contributed by atoms with Crippen LogP contribution in [0.25, 0.3) is 0 Å². The lowest BCUT2D eigenvalue weighted by Crippen LogP contribution is -2.61. The highest BCUT2D eigenvalue weighted by Crippen LogP contribution is 2.26. The zero-order valence-corrected chi connectivity index (χ0v) is 40.0. The van der Waals surface area contributed by atoms with Crippen LogP contribution >= 0.6 is 0 Å². The van der Waals surface area contributed by atoms with Gasteiger partial charge in [-0.1, -0.05) is 134 Å². The maximum atomic E-state index is 13.0. The molecule has 380 valence electrons. The van der Waals surface area contributed by atoms with Crippen LogP contribution in [0.1, 0.15) is 187 Å². The first kappa shape index (κ1) is 59.1. The number of ether oxygens (including phenoxy) is 6. The maximum absolute atomic E-state index is 13.0. The molecule has 65 heavy (non-hydrogen) atoms. The second kappa shape index (κ2) is 37.9. The van der Waals surface area contributed by atoms with Crippen LogP contribution in [0.5, 0.6) is 0 Å². The minimum Gasteiger partial charge on any atom is -0.462 e. The molecule has 4 unspecified atom stereocenters. The number of hydrogen-bond donors (Lipinski definition) is 7. The second-order valence-electron chi connectivity index (χ2n) is 18.0. The highest BCUT2D eigenvalue weighted by Gasteiger charge is 2.47. The van der Waals surface area contributed by atoms with E-state index in [9.17, 15) is 45.3 Å². The summed E-state index contributed by atoms with van der Waals surface area (Å²) in [5.74, 6) is -0.941. The van der Waals surface area contributed by atoms with Crippen molar-refractivity contribution in [2.45, 2.75) is 255 Å². The molecule has 15 nitrogen and oxygen atoms in total. The molecule has 2 aliphatic rings. The van der Waals surface area contributed by atoms with Gasteiger partial charge in [-0.25, -0.2) is 0 Å². The number of unbranched alkanes of at least 4 members (excludes halogenated alkanes) is 21. The zero-order valence-electron chi connectivity index (χ0n) is 40.0. The number of aliphatic hydroxyl groups excluding tert-OH is 7. The molecule has 15 heteroatoms. The van der Waals surface area contributed by atoms with Gasteiger partial charge in [-0.3, -0.25) is 9.59 Å². The van der Waals surface area contributed by atoms with Gasteiger partial charge >= 0.3 is 11.9 Å². The number of hydrogen-bond acceptors (Lipinski definition) is 15. The van der Waals surface area contributed by atoms with E-state index < -0.39 is 92.7 Å². The maximum Gasteiger partial charge on any atom is 0.306 e. The average Bonchev–Trinajstić information content (AvgIpc) is 3.30. The largest absolute Gasteiger partial charge is 0.462 e. The first-order chi connectivity index (χ1) is 31.5. The molecule has 7 N–H and O–H groups in total. The molecular formula is C50H90O15. The van der Waals surface area contributed by atoms with Crippen LogP contribution in [0, 0.1) is 0 Å². The second-order valence-corrected chi connectivity index (χ2v) is 18.0. The van der Waals surface area contributed by atoms with E-state index in [1.807, 2.05) is 0 Å². The average molecular weight is 931 g/mol. The van der Waals surface area contributed by atoms with Gasteiger partial charge in [0.05, 0.1) is 19.8 Å². The molecule has 0 bridgehead atoms. The van der Waals surface area contributed by atoms with Crippen LogP contribution in [-0.4, -0.2) is 142 Å². The predicted molar refractivity (Wildman–Crippen MR) is 247 cm³/mol. The summed E-state index contributed by atoms with van der Waals surface area (Å²) in [5, 5.41) is 72.0. The van der Waals surface area contributed by atoms with Gasteiger partial charge in [-0.15, -0.1) is 0 Å². The Kier molecular flexibility index (Phi) is 34.5. The molecule has 2 saturated heterocycles. The van der Waals surface area contributed by atoms with Crippen molar-refractivity contribution in [3.05, 3.63) is 24.3 Å². The lowest BCUT2D eigenvalue weighted by atomic mass is 9.98. The first-order valence-electron chi connectivity index (χ1n) is 25.4. The standard InChI is InChI=1S/C50H90O15/c1-3-5-7-9-11-13-15-17-19-21-22-24-26-28-30-32-41(52)60-35-38(63-42(53)33-31-29-27-25-23-20-18-16-14-12-10-8-6-4-2)36-61-49-48(59)46(57)44(55)40(65-49)37-62-50-47(58)45(56)43(54)39(34-51)64-50/h16-19,38-40,43-51,54-59H,3-15,20-37H2,1-2H3/b18-16+,19-17+/t38-,39-,40-,43+,44+,45?,46?,47?,48?,49-,50-/m1/s1. The lowest BCUT2D eigenvalue weighted by molar-refractivity contribution is -0.332. The van der Waals surface area contributed by atoms with Gasteiger partial charge < -0.3 is 64.2 Å². The fourth-order valence-electron chi connectivity index (χ4n) is 7.91. The summed E-state index contributed by atoms with van der Waals surface area (Å²) in [4.78, 5) is 25.7. The summed E-state index contributed by atoms with van der Waals surface area (Å²) >= 11 is 0. The molecule has 11 atom stereocenters. The summed E-state index contributed by atoms with van der Waals surface area (Å²) in [6.45, 7) is 2.56. The molecule has 0 saturated carbocycles. The van der Waals surface area contributed by atoms with Gasteiger partial charge in [0.2, 0.25) is 0 Å². The monoisotopic (exact) mass is 931 g/mol. The fourth-order valence-corrected chi connectivity index (χ4v) is 7.91. The number of carbonyl (C=O) groups is 2. The number of aliphatic hydroxyl groups is 7. The molecule has 0 aromatic heterocycles. The van der Waals surface area contributed by atoms with E-state index in [0.717, 1.165) is 77.0 Å². The molecule has 0 aromatic carbocycles. The smallest absolute Gasteiger partial charge is 0.306 e. The van der Waals surface area contributed by atoms with Crippen molar-refractivity contribution in [2.24, 2.45) is 0 Å². The molecule has 2 rings (SSSR count). The third-order valence-electron chi connectivity index (χ3n) is 12.2. The van der Waals surface area contributed by atoms with Crippen LogP contribution in [0.4, 0.5) is 0 Å². The van der Waals surface area contributed by atoms with Crippen molar-refractivity contribution in [1.29, 1.82) is 0 Å². The SMILES string of the molecule is CCCCCCC/C=C/CCCCCCCC(=O)O[C@H](COC(=O)CCCCCCC/C=C/CCCCCCCC)CO[C@@H]1O[C@H](CO[C@@H]2O[C@H](CO)[C@H](O)C(O)C2O)[C@H](O)C(O)C1O. The highest BCUT2D eigenvalue weighted by molar-refractivity contribution is 5.70. The molecule has 2 fully saturated rings. The van der Waals surface area contributed by atoms with Crippen molar-refractivity contribution in [2.75, 3.05) is 26.4 Å². The fraction of sp³-hybridized carbons (Fsp3) is 0.880. The Morgan fingerprint density at radius 3 is 1.35 bits per heavy atom. The predicted octanol–water partition coefficient (Wildman–Crippen LogP) is 6.77. The van der Waals surface area contributed by atoms with Gasteiger partial charge in [-0.05, 0) is 64.2 Å². The Morgan fingerprint density at radius 1 is 0.477 bits per heavy atom. The third-order valence-corrected chi connectivity index (χ3v) is 12.2. The Labute approximate surface area is 390 Å². The topological polar surface area (TPSA) is 231 Å². The van der Waals surface area contributed by atoms with E-state index in [-0.39, 0.29) is 26.1 Å². The van der Waals surface area contributed by atoms with Crippen LogP contribution in [0.3, 0.4) is 0 Å². The molecule has 0 aromatic rings. The number of rotatable bonds is 39. The molecule has 0 radical (unpaired) electrons. The highest BCUT2D eigenvalue weighted by atomic mass is 16.7. The summed E-state index contributed by atoms with van der Waals surface area (Å²) in [6, 6.07) is 0. The molecule has 2 aliphatic heterocycles. The Bertz CT molecular complexity index is 1230. The molecule has 0 amide bonds. The molecule has 2 heterocycles. The number of allylic oxidation sites excluding steroid dienone is 4. The van der Waals surface area contributed by atoms with Crippen LogP contribution in [0.15, 0.2) is 24.3 Å². The van der Waals surface area contributed by atoms with Crippen molar-refractivity contribution in [3.8, 4) is 0 Å². The zero-order chi connectivity index (χ0) is 47.5. The molecule has 0 spiro atoms. The molecular weight excluding hydrogens is 841 g/mol. The minimum atomic E-state index is -1.77. The van der Waals surface area contributed by atoms with Crippen molar-refractivity contribution in [3.63, 3.8) is 0 Å². The quantitative estimate of drug-likeness (QED) is 0.0192. The van der Waals surface area contributed by atoms with Gasteiger partial charge in [0.15, 0.2) is 18.7 Å². The van der Waals surface area contributed by atoms with E-state index in [4.69, 9.17) is 28.4 Å². The first-order valence-corrected chi connectivity index (χ1v) is 25.4. The van der Waals surface area contributed by atoms with Crippen LogP contribution in [-0.2, 0) is 38.0 Å². The van der Waals surface area contributed by atoms with Gasteiger partial charge in [0.1, 0.15) is 55.4 Å².